The fraction of sp³-hybridized carbons (Fsp3) is 0. The predicted octanol–water partition coefficient (Wildman–Crippen LogP) is 16.0. The van der Waals surface area contributed by atoms with Gasteiger partial charge in [-0.25, -0.2) is 0 Å². The molecule has 2 nitrogen and oxygen atoms in total. The molecule has 0 radical (unpaired) electrons. The quantitative estimate of drug-likeness (QED) is 0.162. The predicted molar refractivity (Wildman–Crippen MR) is 245 cm³/mol. The zero-order valence-electron chi connectivity index (χ0n) is 31.7. The van der Waals surface area contributed by atoms with Crippen molar-refractivity contribution < 1.29 is 4.42 Å². The van der Waals surface area contributed by atoms with Crippen molar-refractivity contribution >= 4 is 60.5 Å². The van der Waals surface area contributed by atoms with Crippen LogP contribution in [-0.2, 0) is 0 Å². The van der Waals surface area contributed by atoms with Gasteiger partial charge < -0.3 is 9.32 Å². The molecule has 0 aliphatic carbocycles. The fourth-order valence-corrected chi connectivity index (χ4v) is 8.55. The Morgan fingerprint density at radius 1 is 0.293 bits per heavy atom. The summed E-state index contributed by atoms with van der Waals surface area (Å²) in [6.07, 6.45) is 0. The first-order valence-corrected chi connectivity index (χ1v) is 19.8. The molecule has 0 bridgehead atoms. The van der Waals surface area contributed by atoms with E-state index in [2.05, 4.69) is 223 Å². The first kappa shape index (κ1) is 33.6. The Hall–Kier alpha value is -7.68. The molecule has 0 saturated heterocycles. The van der Waals surface area contributed by atoms with E-state index in [0.29, 0.717) is 0 Å². The number of hydrogen-bond donors (Lipinski definition) is 0. The summed E-state index contributed by atoms with van der Waals surface area (Å²) in [5.74, 6) is 0. The van der Waals surface area contributed by atoms with Gasteiger partial charge in [0, 0.05) is 33.1 Å². The number of rotatable bonds is 7. The van der Waals surface area contributed by atoms with E-state index in [0.717, 1.165) is 60.9 Å². The summed E-state index contributed by atoms with van der Waals surface area (Å²) in [5, 5.41) is 6.99. The van der Waals surface area contributed by atoms with E-state index in [4.69, 9.17) is 4.42 Å². The van der Waals surface area contributed by atoms with Crippen LogP contribution >= 0.6 is 0 Å². The number of furan rings is 1. The van der Waals surface area contributed by atoms with Crippen molar-refractivity contribution in [2.75, 3.05) is 4.90 Å². The van der Waals surface area contributed by atoms with Crippen LogP contribution < -0.4 is 4.90 Å². The van der Waals surface area contributed by atoms with Crippen LogP contribution in [0.25, 0.3) is 88.0 Å². The highest BCUT2D eigenvalue weighted by molar-refractivity contribution is 6.19. The summed E-state index contributed by atoms with van der Waals surface area (Å²) >= 11 is 0. The molecule has 0 aliphatic rings. The molecule has 1 heterocycles. The molecule has 11 rings (SSSR count). The van der Waals surface area contributed by atoms with Crippen LogP contribution in [0.4, 0.5) is 17.1 Å². The second kappa shape index (κ2) is 14.1. The summed E-state index contributed by atoms with van der Waals surface area (Å²) < 4.78 is 6.51. The van der Waals surface area contributed by atoms with Crippen molar-refractivity contribution in [3.05, 3.63) is 224 Å². The van der Waals surface area contributed by atoms with Gasteiger partial charge in [0.1, 0.15) is 11.2 Å². The lowest BCUT2D eigenvalue weighted by Gasteiger charge is -2.28. The van der Waals surface area contributed by atoms with Crippen LogP contribution in [0.2, 0.25) is 0 Å². The molecule has 272 valence electrons. The Kier molecular flexibility index (Phi) is 8.19. The SMILES string of the molecule is c1ccc(-c2ccc(-c3ccc(N(c4ccc(-c5ccc6ccccc6c5)cc4)c4ccccc4-c4cc5c6ccccc6oc5c5ccccc45)cc3)cc2)cc1. The van der Waals surface area contributed by atoms with Gasteiger partial charge in [0.2, 0.25) is 0 Å². The second-order valence-corrected chi connectivity index (χ2v) is 14.9. The monoisotopic (exact) mass is 739 g/mol. The lowest BCUT2D eigenvalue weighted by Crippen LogP contribution is -2.11. The normalized spacial score (nSPS) is 11.4. The third-order valence-corrected chi connectivity index (χ3v) is 11.5. The van der Waals surface area contributed by atoms with E-state index in [9.17, 15) is 0 Å². The number of fused-ring (bicyclic) bond motifs is 6. The van der Waals surface area contributed by atoms with Crippen molar-refractivity contribution in [2.24, 2.45) is 0 Å². The smallest absolute Gasteiger partial charge is 0.143 e. The zero-order chi connectivity index (χ0) is 38.4. The molecule has 2 heteroatoms. The average molecular weight is 740 g/mol. The van der Waals surface area contributed by atoms with Crippen LogP contribution in [0, 0.1) is 0 Å². The van der Waals surface area contributed by atoms with Crippen molar-refractivity contribution in [3.63, 3.8) is 0 Å². The molecule has 10 aromatic carbocycles. The first-order valence-electron chi connectivity index (χ1n) is 19.8. The third-order valence-electron chi connectivity index (χ3n) is 11.5. The Labute approximate surface area is 337 Å². The van der Waals surface area contributed by atoms with Crippen LogP contribution in [0.1, 0.15) is 0 Å². The molecule has 0 aliphatic heterocycles. The number of anilines is 3. The zero-order valence-corrected chi connectivity index (χ0v) is 31.7. The molecular weight excluding hydrogens is 703 g/mol. The van der Waals surface area contributed by atoms with E-state index in [-0.39, 0.29) is 0 Å². The molecular formula is C56H37NO. The molecule has 0 spiro atoms. The number of hydrogen-bond acceptors (Lipinski definition) is 2. The van der Waals surface area contributed by atoms with Crippen LogP contribution in [0.3, 0.4) is 0 Å². The summed E-state index contributed by atoms with van der Waals surface area (Å²) in [5.41, 5.74) is 14.6. The molecule has 0 fully saturated rings. The van der Waals surface area contributed by atoms with E-state index < -0.39 is 0 Å². The fourth-order valence-electron chi connectivity index (χ4n) is 8.55. The average Bonchev–Trinajstić information content (AvgIpc) is 3.69. The van der Waals surface area contributed by atoms with E-state index in [1.807, 2.05) is 6.07 Å². The lowest BCUT2D eigenvalue weighted by atomic mass is 9.93. The lowest BCUT2D eigenvalue weighted by molar-refractivity contribution is 0.672. The Morgan fingerprint density at radius 2 is 0.793 bits per heavy atom. The Morgan fingerprint density at radius 3 is 1.50 bits per heavy atom. The van der Waals surface area contributed by atoms with Gasteiger partial charge in [0.25, 0.3) is 0 Å². The highest BCUT2D eigenvalue weighted by Crippen LogP contribution is 2.46. The number of nitrogens with zero attached hydrogens (tertiary/aromatic N) is 1. The number of para-hydroxylation sites is 2. The van der Waals surface area contributed by atoms with E-state index in [1.54, 1.807) is 0 Å². The summed E-state index contributed by atoms with van der Waals surface area (Å²) in [7, 11) is 0. The van der Waals surface area contributed by atoms with E-state index in [1.165, 1.54) is 44.2 Å². The standard InChI is InChI=1S/C56H37NO/c1-2-12-38(13-3-1)40-22-24-41(25-23-40)42-28-32-46(33-29-42)57(47-34-30-43(31-35-47)45-27-26-39-14-4-5-15-44(39)36-45)54-20-10-8-17-49(54)52-37-53-50-18-9-11-21-55(50)58-56(53)51-19-7-6-16-48(51)52/h1-37H. The summed E-state index contributed by atoms with van der Waals surface area (Å²) in [4.78, 5) is 2.40. The van der Waals surface area contributed by atoms with Crippen molar-refractivity contribution in [1.82, 2.24) is 0 Å². The minimum absolute atomic E-state index is 0.899. The first-order chi connectivity index (χ1) is 28.7. The van der Waals surface area contributed by atoms with Crippen molar-refractivity contribution in [3.8, 4) is 44.5 Å². The van der Waals surface area contributed by atoms with Gasteiger partial charge in [0.05, 0.1) is 5.69 Å². The van der Waals surface area contributed by atoms with Gasteiger partial charge in [-0.05, 0) is 104 Å². The van der Waals surface area contributed by atoms with Gasteiger partial charge in [0.15, 0.2) is 0 Å². The minimum atomic E-state index is 0.899. The molecule has 58 heavy (non-hydrogen) atoms. The Balaban J connectivity index is 1.05. The largest absolute Gasteiger partial charge is 0.455 e. The van der Waals surface area contributed by atoms with Gasteiger partial charge in [-0.2, -0.15) is 0 Å². The Bertz CT molecular complexity index is 3250. The molecule has 0 saturated carbocycles. The van der Waals surface area contributed by atoms with Crippen molar-refractivity contribution in [1.29, 1.82) is 0 Å². The van der Waals surface area contributed by atoms with Gasteiger partial charge >= 0.3 is 0 Å². The molecule has 1 aromatic heterocycles. The van der Waals surface area contributed by atoms with Gasteiger partial charge in [-0.15, -0.1) is 0 Å². The van der Waals surface area contributed by atoms with Crippen LogP contribution in [-0.4, -0.2) is 0 Å². The molecule has 0 atom stereocenters. The molecule has 0 unspecified atom stereocenters. The van der Waals surface area contributed by atoms with Gasteiger partial charge in [-0.1, -0.05) is 176 Å². The van der Waals surface area contributed by atoms with Crippen LogP contribution in [0.5, 0.6) is 0 Å². The highest BCUT2D eigenvalue weighted by atomic mass is 16.3. The second-order valence-electron chi connectivity index (χ2n) is 14.9. The van der Waals surface area contributed by atoms with Gasteiger partial charge in [-0.3, -0.25) is 0 Å². The van der Waals surface area contributed by atoms with Crippen molar-refractivity contribution in [2.45, 2.75) is 0 Å². The maximum atomic E-state index is 6.51. The highest BCUT2D eigenvalue weighted by Gasteiger charge is 2.21. The molecule has 11 aromatic rings. The molecule has 0 N–H and O–H groups in total. The summed E-state index contributed by atoms with van der Waals surface area (Å²) in [6.45, 7) is 0. The van der Waals surface area contributed by atoms with Crippen LogP contribution in [0.15, 0.2) is 229 Å². The summed E-state index contributed by atoms with van der Waals surface area (Å²) in [6, 6.07) is 80.7. The maximum Gasteiger partial charge on any atom is 0.143 e. The molecule has 0 amide bonds. The third kappa shape index (κ3) is 5.91. The maximum absolute atomic E-state index is 6.51. The number of benzene rings is 10. The van der Waals surface area contributed by atoms with E-state index >= 15 is 0 Å². The topological polar surface area (TPSA) is 16.4 Å². The minimum Gasteiger partial charge on any atom is -0.455 e.